The molecular weight excluding hydrogens is 244 g/mol. The van der Waals surface area contributed by atoms with Crippen molar-refractivity contribution in [3.8, 4) is 0 Å². The summed E-state index contributed by atoms with van der Waals surface area (Å²) in [5.41, 5.74) is 1.09. The Hall–Kier alpha value is -0.970. The third kappa shape index (κ3) is 1.94. The maximum absolute atomic E-state index is 6.21. The van der Waals surface area contributed by atoms with E-state index < -0.39 is 0 Å². The van der Waals surface area contributed by atoms with Crippen LogP contribution in [0.25, 0.3) is 10.2 Å². The number of hydrogen-bond donors (Lipinski definition) is 1. The first-order valence-electron chi connectivity index (χ1n) is 6.62. The number of morpholine rings is 1. The van der Waals surface area contributed by atoms with Gasteiger partial charge in [-0.15, -0.1) is 11.3 Å². The van der Waals surface area contributed by atoms with Crippen molar-refractivity contribution in [3.05, 3.63) is 29.3 Å². The van der Waals surface area contributed by atoms with Crippen LogP contribution in [0, 0.1) is 5.92 Å². The minimum atomic E-state index is 0.141. The smallest absolute Gasteiger partial charge is 0.124 e. The third-order valence-corrected chi connectivity index (χ3v) is 4.88. The van der Waals surface area contributed by atoms with E-state index in [0.717, 1.165) is 29.5 Å². The molecule has 2 fully saturated rings. The second-order valence-electron chi connectivity index (χ2n) is 5.18. The highest BCUT2D eigenvalue weighted by Gasteiger charge is 2.36. The van der Waals surface area contributed by atoms with Gasteiger partial charge in [-0.05, 0) is 30.9 Å². The number of ether oxygens (including phenoxy) is 1. The number of fused-ring (bicyclic) bond motifs is 1. The molecule has 2 aromatic rings. The number of hydrogen-bond acceptors (Lipinski definition) is 4. The first kappa shape index (κ1) is 10.9. The molecule has 0 bridgehead atoms. The van der Waals surface area contributed by atoms with E-state index in [1.54, 1.807) is 11.3 Å². The van der Waals surface area contributed by atoms with Crippen molar-refractivity contribution in [2.75, 3.05) is 13.1 Å². The average Bonchev–Trinajstić information content (AvgIpc) is 3.18. The van der Waals surface area contributed by atoms with E-state index in [-0.39, 0.29) is 6.10 Å². The van der Waals surface area contributed by atoms with Crippen molar-refractivity contribution < 1.29 is 4.74 Å². The molecule has 2 atom stereocenters. The molecule has 94 valence electrons. The maximum atomic E-state index is 6.21. The van der Waals surface area contributed by atoms with Gasteiger partial charge in [0.2, 0.25) is 0 Å². The lowest BCUT2D eigenvalue weighted by atomic mass is 10.2. The molecule has 1 N–H and O–H groups in total. The minimum absolute atomic E-state index is 0.141. The highest BCUT2D eigenvalue weighted by atomic mass is 32.1. The maximum Gasteiger partial charge on any atom is 0.124 e. The van der Waals surface area contributed by atoms with Gasteiger partial charge in [0, 0.05) is 13.1 Å². The Bertz CT molecular complexity index is 531. The van der Waals surface area contributed by atoms with E-state index >= 15 is 0 Å². The predicted octanol–water partition coefficient (Wildman–Crippen LogP) is 2.74. The van der Waals surface area contributed by atoms with Gasteiger partial charge >= 0.3 is 0 Å². The fourth-order valence-corrected chi connectivity index (χ4v) is 3.59. The molecule has 1 saturated carbocycles. The summed E-state index contributed by atoms with van der Waals surface area (Å²) in [7, 11) is 0. The van der Waals surface area contributed by atoms with E-state index in [1.807, 2.05) is 6.07 Å². The van der Waals surface area contributed by atoms with Gasteiger partial charge in [0.05, 0.1) is 16.3 Å². The zero-order valence-electron chi connectivity index (χ0n) is 10.1. The van der Waals surface area contributed by atoms with Crippen LogP contribution in [0.5, 0.6) is 0 Å². The molecule has 1 aliphatic carbocycles. The van der Waals surface area contributed by atoms with Gasteiger partial charge in [-0.2, -0.15) is 0 Å². The largest absolute Gasteiger partial charge is 0.365 e. The van der Waals surface area contributed by atoms with E-state index in [0.29, 0.717) is 6.10 Å². The van der Waals surface area contributed by atoms with Crippen LogP contribution in [0.1, 0.15) is 24.0 Å². The number of para-hydroxylation sites is 1. The van der Waals surface area contributed by atoms with Crippen molar-refractivity contribution in [2.45, 2.75) is 25.0 Å². The number of aromatic nitrogens is 1. The van der Waals surface area contributed by atoms with Crippen molar-refractivity contribution in [1.82, 2.24) is 10.3 Å². The lowest BCUT2D eigenvalue weighted by Gasteiger charge is -2.29. The molecule has 18 heavy (non-hydrogen) atoms. The summed E-state index contributed by atoms with van der Waals surface area (Å²) in [5.74, 6) is 0.787. The van der Waals surface area contributed by atoms with Gasteiger partial charge in [-0.3, -0.25) is 0 Å². The monoisotopic (exact) mass is 260 g/mol. The van der Waals surface area contributed by atoms with E-state index in [2.05, 4.69) is 23.5 Å². The number of nitrogens with zero attached hydrogens (tertiary/aromatic N) is 1. The Kier molecular flexibility index (Phi) is 2.60. The number of nitrogens with one attached hydrogen (secondary N) is 1. The SMILES string of the molecule is c1ccc2sc(C3CNCC(C4CC4)O3)nc2c1. The molecule has 3 nitrogen and oxygen atoms in total. The zero-order valence-corrected chi connectivity index (χ0v) is 11.0. The molecule has 2 unspecified atom stereocenters. The number of rotatable bonds is 2. The van der Waals surface area contributed by atoms with Crippen molar-refractivity contribution in [2.24, 2.45) is 5.92 Å². The second kappa shape index (κ2) is 4.30. The molecule has 4 heteroatoms. The molecule has 1 aromatic carbocycles. The van der Waals surface area contributed by atoms with Crippen LogP contribution >= 0.6 is 11.3 Å². The molecule has 1 saturated heterocycles. The topological polar surface area (TPSA) is 34.1 Å². The van der Waals surface area contributed by atoms with Gasteiger partial charge in [-0.25, -0.2) is 4.98 Å². The number of thiazole rings is 1. The van der Waals surface area contributed by atoms with E-state index in [1.165, 1.54) is 17.5 Å². The van der Waals surface area contributed by atoms with E-state index in [9.17, 15) is 0 Å². The van der Waals surface area contributed by atoms with Crippen LogP contribution in [-0.4, -0.2) is 24.2 Å². The molecule has 2 heterocycles. The van der Waals surface area contributed by atoms with Gasteiger partial charge in [0.1, 0.15) is 11.1 Å². The van der Waals surface area contributed by atoms with Crippen LogP contribution in [-0.2, 0) is 4.74 Å². The summed E-state index contributed by atoms with van der Waals surface area (Å²) in [4.78, 5) is 4.70. The molecule has 0 amide bonds. The lowest BCUT2D eigenvalue weighted by molar-refractivity contribution is -0.0493. The molecule has 4 rings (SSSR count). The van der Waals surface area contributed by atoms with Crippen molar-refractivity contribution >= 4 is 21.6 Å². The average molecular weight is 260 g/mol. The van der Waals surface area contributed by atoms with Crippen molar-refractivity contribution in [3.63, 3.8) is 0 Å². The summed E-state index contributed by atoms with van der Waals surface area (Å²) in [5, 5.41) is 4.61. The first-order valence-corrected chi connectivity index (χ1v) is 7.43. The summed E-state index contributed by atoms with van der Waals surface area (Å²) in [6, 6.07) is 8.31. The Morgan fingerprint density at radius 2 is 2.11 bits per heavy atom. The van der Waals surface area contributed by atoms with Crippen LogP contribution in [0.4, 0.5) is 0 Å². The fraction of sp³-hybridized carbons (Fsp3) is 0.500. The summed E-state index contributed by atoms with van der Waals surface area (Å²) in [6.07, 6.45) is 3.20. The molecule has 2 aliphatic rings. The van der Waals surface area contributed by atoms with Gasteiger partial charge in [0.15, 0.2) is 0 Å². The Labute approximate surface area is 110 Å². The lowest BCUT2D eigenvalue weighted by Crippen LogP contribution is -2.41. The Balaban J connectivity index is 1.61. The highest BCUT2D eigenvalue weighted by Crippen LogP contribution is 2.38. The van der Waals surface area contributed by atoms with Crippen LogP contribution in [0.3, 0.4) is 0 Å². The standard InChI is InChI=1S/C14H16N2OS/c1-2-4-13-10(3-1)16-14(18-13)12-8-15-7-11(17-12)9-5-6-9/h1-4,9,11-12,15H,5-8H2. The fourth-order valence-electron chi connectivity index (χ4n) is 2.58. The first-order chi connectivity index (χ1) is 8.90. The summed E-state index contributed by atoms with van der Waals surface area (Å²) >= 11 is 1.76. The second-order valence-corrected chi connectivity index (χ2v) is 6.24. The summed E-state index contributed by atoms with van der Waals surface area (Å²) in [6.45, 7) is 1.90. The third-order valence-electron chi connectivity index (χ3n) is 3.75. The molecule has 1 aromatic heterocycles. The van der Waals surface area contributed by atoms with Crippen LogP contribution in [0.2, 0.25) is 0 Å². The van der Waals surface area contributed by atoms with Gasteiger partial charge < -0.3 is 10.1 Å². The quantitative estimate of drug-likeness (QED) is 0.901. The normalized spacial score (nSPS) is 28.7. The van der Waals surface area contributed by atoms with Crippen molar-refractivity contribution in [1.29, 1.82) is 0 Å². The van der Waals surface area contributed by atoms with E-state index in [4.69, 9.17) is 9.72 Å². The van der Waals surface area contributed by atoms with Crippen LogP contribution < -0.4 is 5.32 Å². The minimum Gasteiger partial charge on any atom is -0.365 e. The molecular formula is C14H16N2OS. The highest BCUT2D eigenvalue weighted by molar-refractivity contribution is 7.18. The van der Waals surface area contributed by atoms with Crippen LogP contribution in [0.15, 0.2) is 24.3 Å². The summed E-state index contributed by atoms with van der Waals surface area (Å²) < 4.78 is 7.47. The Morgan fingerprint density at radius 3 is 2.94 bits per heavy atom. The molecule has 0 spiro atoms. The molecule has 0 radical (unpaired) electrons. The zero-order chi connectivity index (χ0) is 11.9. The number of benzene rings is 1. The van der Waals surface area contributed by atoms with Gasteiger partial charge in [0.25, 0.3) is 0 Å². The van der Waals surface area contributed by atoms with Gasteiger partial charge in [-0.1, -0.05) is 12.1 Å². The molecule has 1 aliphatic heterocycles. The predicted molar refractivity (Wildman–Crippen MR) is 72.8 cm³/mol. The Morgan fingerprint density at radius 1 is 1.22 bits per heavy atom.